The van der Waals surface area contributed by atoms with Crippen molar-refractivity contribution in [3.05, 3.63) is 0 Å². The van der Waals surface area contributed by atoms with Crippen molar-refractivity contribution in [3.63, 3.8) is 0 Å². The molecule has 0 unspecified atom stereocenters. The number of carbonyl (C=O) groups excluding carboxylic acids is 2. The maximum atomic E-state index is 9.62. The van der Waals surface area contributed by atoms with E-state index in [1.807, 2.05) is 0 Å². The van der Waals surface area contributed by atoms with Gasteiger partial charge in [0.25, 0.3) is 0 Å². The minimum absolute atomic E-state index is 0.295. The third kappa shape index (κ3) is 2.79. The van der Waals surface area contributed by atoms with Crippen molar-refractivity contribution in [1.29, 1.82) is 0 Å². The zero-order chi connectivity index (χ0) is 5.91. The number of carbonyl (C=O) groups is 2. The van der Waals surface area contributed by atoms with E-state index in [4.69, 9.17) is 22.2 Å². The molecular weight excluding hydrogens is 155 g/mol. The van der Waals surface area contributed by atoms with Gasteiger partial charge in [0.2, 0.25) is 0 Å². The van der Waals surface area contributed by atoms with Gasteiger partial charge in [-0.25, -0.2) is 0 Å². The Bertz CT molecular complexity index is 81.7. The molecule has 0 radical (unpaired) electrons. The summed E-state index contributed by atoms with van der Waals surface area (Å²) >= 11 is 10.1. The molecular formula is C2H2Cl2O2Si. The molecule has 0 aliphatic rings. The lowest BCUT2D eigenvalue weighted by Crippen LogP contribution is -2.23. The Kier molecular flexibility index (Phi) is 2.49. The summed E-state index contributed by atoms with van der Waals surface area (Å²) in [6.07, 6.45) is 0. The molecule has 0 rings (SSSR count). The van der Waals surface area contributed by atoms with Crippen LogP contribution in [-0.4, -0.2) is 18.5 Å². The van der Waals surface area contributed by atoms with E-state index in [2.05, 4.69) is 0 Å². The lowest BCUT2D eigenvalue weighted by Gasteiger charge is -1.90. The molecule has 0 heterocycles. The second kappa shape index (κ2) is 2.45. The van der Waals surface area contributed by atoms with Crippen LogP contribution < -0.4 is 0 Å². The fourth-order valence-electron chi connectivity index (χ4n) is 0.0278. The van der Waals surface area contributed by atoms with Crippen molar-refractivity contribution in [2.45, 2.75) is 0 Å². The Hall–Kier alpha value is 0.137. The number of hydrogen-bond acceptors (Lipinski definition) is 2. The lowest BCUT2D eigenvalue weighted by molar-refractivity contribution is 0.563. The summed E-state index contributed by atoms with van der Waals surface area (Å²) < 4.78 is 0. The Labute approximate surface area is 50.8 Å². The second-order valence-corrected chi connectivity index (χ2v) is 7.06. The third-order valence-electron chi connectivity index (χ3n) is 0.314. The first-order valence-corrected chi connectivity index (χ1v) is 5.61. The van der Waals surface area contributed by atoms with Crippen LogP contribution in [0.2, 0.25) is 0 Å². The van der Waals surface area contributed by atoms with Crippen molar-refractivity contribution in [3.8, 4) is 0 Å². The highest BCUT2D eigenvalue weighted by atomic mass is 35.7. The molecule has 0 saturated heterocycles. The van der Waals surface area contributed by atoms with Gasteiger partial charge in [0, 0.05) is 0 Å². The summed E-state index contributed by atoms with van der Waals surface area (Å²) in [5, 5.41) is 0. The van der Waals surface area contributed by atoms with Gasteiger partial charge >= 0.3 is 6.69 Å². The largest absolute Gasteiger partial charge is 0.376 e. The van der Waals surface area contributed by atoms with Crippen LogP contribution >= 0.6 is 22.2 Å². The minimum Gasteiger partial charge on any atom is -0.305 e. The molecule has 40 valence electrons. The average molecular weight is 157 g/mol. The maximum Gasteiger partial charge on any atom is 0.376 e. The molecule has 0 fully saturated rings. The predicted molar refractivity (Wildman–Crippen MR) is 31.0 cm³/mol. The third-order valence-corrected chi connectivity index (χ3v) is 2.01. The first-order valence-electron chi connectivity index (χ1n) is 1.43. The SMILES string of the molecule is O=C[Si](Cl)(Cl)C=O. The Morgan fingerprint density at radius 2 is 1.43 bits per heavy atom. The standard InChI is InChI=1S/C2H2Cl2O2Si/c3-7(4,1-5)2-6/h1-2H. The van der Waals surface area contributed by atoms with Crippen molar-refractivity contribution < 1.29 is 9.59 Å². The molecule has 0 aliphatic heterocycles. The summed E-state index contributed by atoms with van der Waals surface area (Å²) in [5.41, 5.74) is 0. The molecule has 0 saturated carbocycles. The Morgan fingerprint density at radius 1 is 1.14 bits per heavy atom. The zero-order valence-corrected chi connectivity index (χ0v) is 5.74. The van der Waals surface area contributed by atoms with Gasteiger partial charge in [-0.1, -0.05) is 0 Å². The van der Waals surface area contributed by atoms with Crippen LogP contribution in [0.3, 0.4) is 0 Å². The first-order chi connectivity index (χ1) is 3.12. The molecule has 0 amide bonds. The molecule has 5 heteroatoms. The fraction of sp³-hybridized carbons (Fsp3) is 0. The highest BCUT2D eigenvalue weighted by molar-refractivity contribution is 7.65. The van der Waals surface area contributed by atoms with Gasteiger partial charge in [-0.2, -0.15) is 0 Å². The average Bonchev–Trinajstić information content (AvgIpc) is 1.68. The molecule has 0 aliphatic carbocycles. The van der Waals surface area contributed by atoms with Crippen LogP contribution in [0.4, 0.5) is 0 Å². The van der Waals surface area contributed by atoms with Crippen molar-refractivity contribution in [2.24, 2.45) is 0 Å². The van der Waals surface area contributed by atoms with Crippen LogP contribution in [-0.2, 0) is 9.59 Å². The van der Waals surface area contributed by atoms with E-state index in [9.17, 15) is 9.59 Å². The van der Waals surface area contributed by atoms with Crippen molar-refractivity contribution >= 4 is 40.7 Å². The van der Waals surface area contributed by atoms with E-state index in [1.165, 1.54) is 0 Å². The normalized spacial score (nSPS) is 10.6. The van der Waals surface area contributed by atoms with E-state index in [0.29, 0.717) is 11.8 Å². The van der Waals surface area contributed by atoms with Crippen LogP contribution in [0.5, 0.6) is 0 Å². The van der Waals surface area contributed by atoms with E-state index in [0.717, 1.165) is 0 Å². The van der Waals surface area contributed by atoms with Crippen LogP contribution in [0.1, 0.15) is 0 Å². The van der Waals surface area contributed by atoms with E-state index in [1.54, 1.807) is 0 Å². The van der Waals surface area contributed by atoms with E-state index >= 15 is 0 Å². The maximum absolute atomic E-state index is 9.62. The topological polar surface area (TPSA) is 34.1 Å². The molecule has 0 N–H and O–H groups in total. The predicted octanol–water partition coefficient (Wildman–Crippen LogP) is 0.450. The quantitative estimate of drug-likeness (QED) is 0.331. The molecule has 0 bridgehead atoms. The van der Waals surface area contributed by atoms with E-state index < -0.39 is 6.69 Å². The van der Waals surface area contributed by atoms with Crippen molar-refractivity contribution in [2.75, 3.05) is 0 Å². The molecule has 0 aromatic carbocycles. The van der Waals surface area contributed by atoms with Gasteiger partial charge in [0.05, 0.1) is 0 Å². The summed E-state index contributed by atoms with van der Waals surface area (Å²) in [6, 6.07) is 0. The van der Waals surface area contributed by atoms with Gasteiger partial charge in [-0.15, -0.1) is 22.2 Å². The first kappa shape index (κ1) is 7.14. The van der Waals surface area contributed by atoms with Gasteiger partial charge < -0.3 is 9.59 Å². The van der Waals surface area contributed by atoms with Gasteiger partial charge in [-0.3, -0.25) is 0 Å². The number of halogens is 2. The van der Waals surface area contributed by atoms with Crippen LogP contribution in [0, 0.1) is 0 Å². The molecule has 0 aromatic rings. The van der Waals surface area contributed by atoms with Crippen LogP contribution in [0.15, 0.2) is 0 Å². The molecule has 0 spiro atoms. The molecule has 0 aromatic heterocycles. The van der Waals surface area contributed by atoms with Gasteiger partial charge in [0.1, 0.15) is 11.8 Å². The monoisotopic (exact) mass is 156 g/mol. The highest BCUT2D eigenvalue weighted by Crippen LogP contribution is 2.05. The van der Waals surface area contributed by atoms with Crippen LogP contribution in [0.25, 0.3) is 0 Å². The Morgan fingerprint density at radius 3 is 1.43 bits per heavy atom. The highest BCUT2D eigenvalue weighted by Gasteiger charge is 2.26. The van der Waals surface area contributed by atoms with E-state index in [-0.39, 0.29) is 0 Å². The lowest BCUT2D eigenvalue weighted by atomic mass is 11.8. The number of rotatable bonds is 2. The summed E-state index contributed by atoms with van der Waals surface area (Å²) in [6.45, 7) is -3.07. The van der Waals surface area contributed by atoms with Gasteiger partial charge in [0.15, 0.2) is 0 Å². The smallest absolute Gasteiger partial charge is 0.305 e. The second-order valence-electron chi connectivity index (χ2n) is 0.910. The number of hydrogen-bond donors (Lipinski definition) is 0. The molecule has 7 heavy (non-hydrogen) atoms. The summed E-state index contributed by atoms with van der Waals surface area (Å²) in [4.78, 5) is 19.2. The molecule has 2 nitrogen and oxygen atoms in total. The summed E-state index contributed by atoms with van der Waals surface area (Å²) in [5.74, 6) is 0.590. The minimum atomic E-state index is -3.07. The summed E-state index contributed by atoms with van der Waals surface area (Å²) in [7, 11) is 0. The zero-order valence-electron chi connectivity index (χ0n) is 3.23. The fourth-order valence-corrected chi connectivity index (χ4v) is 0.0833. The van der Waals surface area contributed by atoms with Crippen molar-refractivity contribution in [1.82, 2.24) is 0 Å². The Balaban J connectivity index is 3.82. The van der Waals surface area contributed by atoms with Gasteiger partial charge in [-0.05, 0) is 0 Å². The molecule has 0 atom stereocenters.